The van der Waals surface area contributed by atoms with Crippen LogP contribution >= 0.6 is 23.1 Å². The number of aryl methyl sites for hydroxylation is 1. The summed E-state index contributed by atoms with van der Waals surface area (Å²) in [4.78, 5) is 18.4. The second kappa shape index (κ2) is 9.78. The lowest BCUT2D eigenvalue weighted by atomic mass is 9.96. The van der Waals surface area contributed by atoms with Crippen LogP contribution in [0.3, 0.4) is 0 Å². The highest BCUT2D eigenvalue weighted by Gasteiger charge is 2.21. The van der Waals surface area contributed by atoms with Gasteiger partial charge in [0.2, 0.25) is 5.91 Å². The van der Waals surface area contributed by atoms with Gasteiger partial charge in [0.05, 0.1) is 16.8 Å². The SMILES string of the molecule is N#Cc1ccc(-c2ccccc2)nc1SCCC(=O)Nc1sc2c(c1C#N)CCCC2. The van der Waals surface area contributed by atoms with E-state index in [0.717, 1.165) is 42.5 Å². The second-order valence-electron chi connectivity index (χ2n) is 7.20. The number of nitrogens with zero attached hydrogens (tertiary/aromatic N) is 3. The number of nitrogens with one attached hydrogen (secondary N) is 1. The van der Waals surface area contributed by atoms with E-state index < -0.39 is 0 Å². The minimum absolute atomic E-state index is 0.125. The van der Waals surface area contributed by atoms with Crippen molar-refractivity contribution in [1.82, 2.24) is 4.98 Å². The minimum atomic E-state index is -0.125. The Labute approximate surface area is 189 Å². The van der Waals surface area contributed by atoms with Gasteiger partial charge in [-0.25, -0.2) is 4.98 Å². The van der Waals surface area contributed by atoms with Crippen molar-refractivity contribution in [3.05, 3.63) is 64.0 Å². The molecule has 1 aliphatic carbocycles. The molecular formula is C24H20N4OS2. The third kappa shape index (κ3) is 4.80. The first kappa shape index (κ1) is 21.1. The van der Waals surface area contributed by atoms with Gasteiger partial charge in [-0.2, -0.15) is 10.5 Å². The number of carbonyl (C=O) groups is 1. The van der Waals surface area contributed by atoms with Crippen molar-refractivity contribution in [3.8, 4) is 23.4 Å². The van der Waals surface area contributed by atoms with Gasteiger partial charge in [-0.15, -0.1) is 23.1 Å². The van der Waals surface area contributed by atoms with E-state index in [-0.39, 0.29) is 12.3 Å². The lowest BCUT2D eigenvalue weighted by Crippen LogP contribution is -2.12. The van der Waals surface area contributed by atoms with E-state index in [1.54, 1.807) is 6.07 Å². The van der Waals surface area contributed by atoms with Crippen LogP contribution in [0.5, 0.6) is 0 Å². The Hall–Kier alpha value is -3.13. The van der Waals surface area contributed by atoms with E-state index in [2.05, 4.69) is 22.4 Å². The Morgan fingerprint density at radius 2 is 1.90 bits per heavy atom. The summed E-state index contributed by atoms with van der Waals surface area (Å²) in [6.07, 6.45) is 4.42. The average molecular weight is 445 g/mol. The lowest BCUT2D eigenvalue weighted by Gasteiger charge is -2.09. The van der Waals surface area contributed by atoms with E-state index in [1.165, 1.54) is 28.0 Å². The van der Waals surface area contributed by atoms with Crippen molar-refractivity contribution >= 4 is 34.0 Å². The zero-order valence-electron chi connectivity index (χ0n) is 16.9. The van der Waals surface area contributed by atoms with Crippen molar-refractivity contribution in [2.24, 2.45) is 0 Å². The first-order valence-electron chi connectivity index (χ1n) is 10.1. The zero-order valence-corrected chi connectivity index (χ0v) is 18.5. The molecule has 31 heavy (non-hydrogen) atoms. The molecule has 0 radical (unpaired) electrons. The molecule has 7 heteroatoms. The van der Waals surface area contributed by atoms with Crippen LogP contribution in [0.1, 0.15) is 40.8 Å². The predicted molar refractivity (Wildman–Crippen MR) is 124 cm³/mol. The van der Waals surface area contributed by atoms with Gasteiger partial charge in [0, 0.05) is 22.6 Å². The molecule has 0 aliphatic heterocycles. The second-order valence-corrected chi connectivity index (χ2v) is 9.39. The van der Waals surface area contributed by atoms with E-state index in [1.807, 2.05) is 36.4 Å². The van der Waals surface area contributed by atoms with Crippen LogP contribution in [0.15, 0.2) is 47.5 Å². The fourth-order valence-corrected chi connectivity index (χ4v) is 5.78. The quantitative estimate of drug-likeness (QED) is 0.503. The summed E-state index contributed by atoms with van der Waals surface area (Å²) >= 11 is 2.93. The highest BCUT2D eigenvalue weighted by Crippen LogP contribution is 2.37. The Kier molecular flexibility index (Phi) is 6.66. The Balaban J connectivity index is 1.41. The van der Waals surface area contributed by atoms with Crippen LogP contribution in [0.25, 0.3) is 11.3 Å². The van der Waals surface area contributed by atoms with Gasteiger partial charge in [-0.1, -0.05) is 30.3 Å². The summed E-state index contributed by atoms with van der Waals surface area (Å²) in [5.41, 5.74) is 4.03. The Morgan fingerprint density at radius 3 is 2.68 bits per heavy atom. The monoisotopic (exact) mass is 444 g/mol. The number of benzene rings is 1. The van der Waals surface area contributed by atoms with Crippen LogP contribution < -0.4 is 5.32 Å². The Morgan fingerprint density at radius 1 is 1.10 bits per heavy atom. The molecule has 0 saturated heterocycles. The maximum atomic E-state index is 12.5. The average Bonchev–Trinajstić information content (AvgIpc) is 3.16. The minimum Gasteiger partial charge on any atom is -0.317 e. The lowest BCUT2D eigenvalue weighted by molar-refractivity contribution is -0.115. The summed E-state index contributed by atoms with van der Waals surface area (Å²) in [5.74, 6) is 0.374. The van der Waals surface area contributed by atoms with Gasteiger partial charge in [-0.3, -0.25) is 4.79 Å². The van der Waals surface area contributed by atoms with E-state index in [0.29, 0.717) is 26.9 Å². The molecule has 0 saturated carbocycles. The fraction of sp³-hybridized carbons (Fsp3) is 0.250. The molecule has 5 nitrogen and oxygen atoms in total. The summed E-state index contributed by atoms with van der Waals surface area (Å²) < 4.78 is 0. The number of anilines is 1. The molecule has 0 bridgehead atoms. The topological polar surface area (TPSA) is 89.6 Å². The van der Waals surface area contributed by atoms with Gasteiger partial charge >= 0.3 is 0 Å². The summed E-state index contributed by atoms with van der Waals surface area (Å²) in [6, 6.07) is 17.9. The van der Waals surface area contributed by atoms with E-state index in [4.69, 9.17) is 0 Å². The standard InChI is InChI=1S/C24H20N4OS2/c25-14-17-10-11-20(16-6-2-1-3-7-16)27-23(17)30-13-12-22(29)28-24-19(15-26)18-8-4-5-9-21(18)31-24/h1-3,6-7,10-11H,4-5,8-9,12-13H2,(H,28,29). The number of thiophene rings is 1. The molecule has 1 aromatic carbocycles. The number of hydrogen-bond acceptors (Lipinski definition) is 6. The smallest absolute Gasteiger partial charge is 0.225 e. The number of carbonyl (C=O) groups excluding carboxylic acids is 1. The number of rotatable bonds is 6. The van der Waals surface area contributed by atoms with Crippen LogP contribution in [0.4, 0.5) is 5.00 Å². The van der Waals surface area contributed by atoms with E-state index >= 15 is 0 Å². The maximum absolute atomic E-state index is 12.5. The van der Waals surface area contributed by atoms with Gasteiger partial charge in [0.15, 0.2) is 0 Å². The van der Waals surface area contributed by atoms with Gasteiger partial charge in [0.1, 0.15) is 22.2 Å². The molecule has 3 aromatic rings. The third-order valence-electron chi connectivity index (χ3n) is 5.15. The van der Waals surface area contributed by atoms with Crippen molar-refractivity contribution in [2.75, 3.05) is 11.1 Å². The van der Waals surface area contributed by atoms with Crippen LogP contribution in [-0.4, -0.2) is 16.6 Å². The van der Waals surface area contributed by atoms with Crippen molar-refractivity contribution in [3.63, 3.8) is 0 Å². The van der Waals surface area contributed by atoms with Gasteiger partial charge in [-0.05, 0) is 43.4 Å². The predicted octanol–water partition coefficient (Wildman–Crippen LogP) is 5.55. The molecule has 0 atom stereocenters. The summed E-state index contributed by atoms with van der Waals surface area (Å²) in [7, 11) is 0. The first-order chi connectivity index (χ1) is 15.2. The molecule has 0 spiro atoms. The van der Waals surface area contributed by atoms with Crippen molar-refractivity contribution < 1.29 is 4.79 Å². The zero-order chi connectivity index (χ0) is 21.6. The number of thioether (sulfide) groups is 1. The largest absolute Gasteiger partial charge is 0.317 e. The van der Waals surface area contributed by atoms with Crippen LogP contribution in [-0.2, 0) is 17.6 Å². The maximum Gasteiger partial charge on any atom is 0.225 e. The summed E-state index contributed by atoms with van der Waals surface area (Å²) in [6.45, 7) is 0. The molecule has 154 valence electrons. The molecule has 0 fully saturated rings. The van der Waals surface area contributed by atoms with Gasteiger partial charge < -0.3 is 5.32 Å². The molecule has 1 N–H and O–H groups in total. The molecule has 1 amide bonds. The molecule has 2 aromatic heterocycles. The molecular weight excluding hydrogens is 424 g/mol. The number of nitriles is 2. The number of hydrogen-bond donors (Lipinski definition) is 1. The molecule has 1 aliphatic rings. The molecule has 2 heterocycles. The van der Waals surface area contributed by atoms with Crippen LogP contribution in [0.2, 0.25) is 0 Å². The highest BCUT2D eigenvalue weighted by atomic mass is 32.2. The van der Waals surface area contributed by atoms with Gasteiger partial charge in [0.25, 0.3) is 0 Å². The summed E-state index contributed by atoms with van der Waals surface area (Å²) in [5, 5.41) is 23.2. The van der Waals surface area contributed by atoms with Crippen molar-refractivity contribution in [1.29, 1.82) is 10.5 Å². The van der Waals surface area contributed by atoms with E-state index in [9.17, 15) is 15.3 Å². The van der Waals surface area contributed by atoms with Crippen LogP contribution in [0, 0.1) is 22.7 Å². The highest BCUT2D eigenvalue weighted by molar-refractivity contribution is 7.99. The number of pyridine rings is 1. The normalized spacial score (nSPS) is 12.5. The van der Waals surface area contributed by atoms with Crippen molar-refractivity contribution in [2.45, 2.75) is 37.1 Å². The number of fused-ring (bicyclic) bond motifs is 1. The number of amides is 1. The third-order valence-corrected chi connectivity index (χ3v) is 7.35. The first-order valence-corrected chi connectivity index (χ1v) is 11.9. The molecule has 4 rings (SSSR count). The fourth-order valence-electron chi connectivity index (χ4n) is 3.61. The number of aromatic nitrogens is 1. The Bertz CT molecular complexity index is 1190. The molecule has 0 unspecified atom stereocenters.